The molecular weight excluding hydrogens is 378 g/mol. The van der Waals surface area contributed by atoms with Crippen LogP contribution in [-0.2, 0) is 28.6 Å². The Labute approximate surface area is 177 Å². The lowest BCUT2D eigenvalue weighted by Crippen LogP contribution is -2.17. The third-order valence-electron chi connectivity index (χ3n) is 4.70. The van der Waals surface area contributed by atoms with E-state index in [9.17, 15) is 4.79 Å². The van der Waals surface area contributed by atoms with Crippen molar-refractivity contribution in [2.75, 3.05) is 5.32 Å². The van der Waals surface area contributed by atoms with Crippen molar-refractivity contribution in [3.05, 3.63) is 59.4 Å². The lowest BCUT2D eigenvalue weighted by molar-refractivity contribution is -0.116. The summed E-state index contributed by atoms with van der Waals surface area (Å²) in [6.45, 7) is 13.0. The molecule has 0 unspecified atom stereocenters. The number of nitrogens with zero attached hydrogens (tertiary/aromatic N) is 4. The standard InChI is InChI=1S/C23H31N5O2/c1-22(2,3)17-14-18(28(26-17)15-16-10-8-7-9-11-16)24-19(29)12-13-20-25-21(27-30-20)23(4,5)6/h7-11,14H,12-13,15H2,1-6H3,(H,24,29). The van der Waals surface area contributed by atoms with E-state index in [1.807, 2.05) is 61.9 Å². The van der Waals surface area contributed by atoms with Gasteiger partial charge in [-0.2, -0.15) is 10.1 Å². The van der Waals surface area contributed by atoms with Gasteiger partial charge in [-0.3, -0.25) is 4.79 Å². The van der Waals surface area contributed by atoms with Crippen molar-refractivity contribution < 1.29 is 9.32 Å². The quantitative estimate of drug-likeness (QED) is 0.649. The molecule has 0 atom stereocenters. The number of aromatic nitrogens is 4. The lowest BCUT2D eigenvalue weighted by Gasteiger charge is -2.14. The van der Waals surface area contributed by atoms with Crippen LogP contribution in [0, 0.1) is 0 Å². The highest BCUT2D eigenvalue weighted by atomic mass is 16.5. The van der Waals surface area contributed by atoms with Crippen molar-refractivity contribution in [1.29, 1.82) is 0 Å². The number of rotatable bonds is 6. The van der Waals surface area contributed by atoms with Gasteiger partial charge in [0.1, 0.15) is 5.82 Å². The van der Waals surface area contributed by atoms with Gasteiger partial charge in [-0.15, -0.1) is 0 Å². The first-order valence-corrected chi connectivity index (χ1v) is 10.3. The highest BCUT2D eigenvalue weighted by molar-refractivity contribution is 5.90. The van der Waals surface area contributed by atoms with Crippen molar-refractivity contribution in [1.82, 2.24) is 19.9 Å². The Hall–Kier alpha value is -2.96. The molecule has 3 rings (SSSR count). The highest BCUT2D eigenvalue weighted by Crippen LogP contribution is 2.25. The SMILES string of the molecule is CC(C)(C)c1cc(NC(=O)CCc2nc(C(C)(C)C)no2)n(Cc2ccccc2)n1. The third-order valence-corrected chi connectivity index (χ3v) is 4.70. The van der Waals surface area contributed by atoms with Gasteiger partial charge in [-0.05, 0) is 5.56 Å². The Bertz CT molecular complexity index is 991. The first-order chi connectivity index (χ1) is 14.0. The predicted molar refractivity (Wildman–Crippen MR) is 116 cm³/mol. The highest BCUT2D eigenvalue weighted by Gasteiger charge is 2.23. The van der Waals surface area contributed by atoms with Gasteiger partial charge in [0.2, 0.25) is 11.8 Å². The van der Waals surface area contributed by atoms with E-state index >= 15 is 0 Å². The van der Waals surface area contributed by atoms with Gasteiger partial charge in [-0.1, -0.05) is 77.0 Å². The molecule has 2 heterocycles. The number of anilines is 1. The molecule has 7 heteroatoms. The largest absolute Gasteiger partial charge is 0.339 e. The fraction of sp³-hybridized carbons (Fsp3) is 0.478. The van der Waals surface area contributed by atoms with E-state index in [4.69, 9.17) is 9.62 Å². The molecule has 0 aliphatic rings. The van der Waals surface area contributed by atoms with Crippen LogP contribution >= 0.6 is 0 Å². The molecular formula is C23H31N5O2. The number of amides is 1. The molecule has 0 saturated carbocycles. The first-order valence-electron chi connectivity index (χ1n) is 10.3. The summed E-state index contributed by atoms with van der Waals surface area (Å²) < 4.78 is 7.13. The summed E-state index contributed by atoms with van der Waals surface area (Å²) in [7, 11) is 0. The number of carbonyl (C=O) groups excluding carboxylic acids is 1. The molecule has 0 radical (unpaired) electrons. The summed E-state index contributed by atoms with van der Waals surface area (Å²) in [5.74, 6) is 1.70. The van der Waals surface area contributed by atoms with Crippen LogP contribution in [0.15, 0.2) is 40.9 Å². The van der Waals surface area contributed by atoms with E-state index in [0.29, 0.717) is 30.5 Å². The molecule has 1 amide bonds. The molecule has 0 aliphatic heterocycles. The van der Waals surface area contributed by atoms with Gasteiger partial charge in [0.25, 0.3) is 0 Å². The summed E-state index contributed by atoms with van der Waals surface area (Å²) in [6.07, 6.45) is 0.654. The van der Waals surface area contributed by atoms with Gasteiger partial charge in [0.05, 0.1) is 12.2 Å². The minimum atomic E-state index is -0.183. The topological polar surface area (TPSA) is 85.8 Å². The van der Waals surface area contributed by atoms with Crippen LogP contribution in [0.2, 0.25) is 0 Å². The lowest BCUT2D eigenvalue weighted by atomic mass is 9.92. The van der Waals surface area contributed by atoms with Crippen molar-refractivity contribution in [2.24, 2.45) is 0 Å². The number of carbonyl (C=O) groups is 1. The zero-order valence-corrected chi connectivity index (χ0v) is 18.7. The van der Waals surface area contributed by atoms with Crippen LogP contribution in [-0.4, -0.2) is 25.8 Å². The number of hydrogen-bond donors (Lipinski definition) is 1. The Kier molecular flexibility index (Phi) is 6.10. The van der Waals surface area contributed by atoms with Crippen LogP contribution in [0.5, 0.6) is 0 Å². The van der Waals surface area contributed by atoms with Gasteiger partial charge in [0.15, 0.2) is 5.82 Å². The van der Waals surface area contributed by atoms with Gasteiger partial charge in [-0.25, -0.2) is 4.68 Å². The minimum absolute atomic E-state index is 0.111. The second-order valence-electron chi connectivity index (χ2n) is 9.62. The smallest absolute Gasteiger partial charge is 0.227 e. The fourth-order valence-electron chi connectivity index (χ4n) is 2.85. The Morgan fingerprint density at radius 3 is 2.37 bits per heavy atom. The van der Waals surface area contributed by atoms with Crippen LogP contribution in [0.25, 0.3) is 0 Å². The minimum Gasteiger partial charge on any atom is -0.339 e. The number of nitrogens with one attached hydrogen (secondary N) is 1. The summed E-state index contributed by atoms with van der Waals surface area (Å²) in [6, 6.07) is 12.0. The maximum Gasteiger partial charge on any atom is 0.227 e. The third kappa shape index (κ3) is 5.55. The average molecular weight is 410 g/mol. The Balaban J connectivity index is 1.70. The second-order valence-corrected chi connectivity index (χ2v) is 9.62. The van der Waals surface area contributed by atoms with Crippen molar-refractivity contribution in [3.8, 4) is 0 Å². The van der Waals surface area contributed by atoms with E-state index in [0.717, 1.165) is 11.3 Å². The maximum atomic E-state index is 12.6. The normalized spacial score (nSPS) is 12.2. The molecule has 1 aromatic carbocycles. The molecule has 0 spiro atoms. The second kappa shape index (κ2) is 8.42. The number of benzene rings is 1. The Morgan fingerprint density at radius 2 is 1.77 bits per heavy atom. The summed E-state index contributed by atoms with van der Waals surface area (Å²) >= 11 is 0. The zero-order chi connectivity index (χ0) is 21.9. The number of hydrogen-bond acceptors (Lipinski definition) is 5. The van der Waals surface area contributed by atoms with Gasteiger partial charge in [0, 0.05) is 29.7 Å². The van der Waals surface area contributed by atoms with Crippen LogP contribution in [0.4, 0.5) is 5.82 Å². The van der Waals surface area contributed by atoms with Crippen molar-refractivity contribution in [2.45, 2.75) is 71.8 Å². The van der Waals surface area contributed by atoms with Gasteiger partial charge >= 0.3 is 0 Å². The molecule has 2 aromatic heterocycles. The van der Waals surface area contributed by atoms with E-state index < -0.39 is 0 Å². The molecule has 7 nitrogen and oxygen atoms in total. The van der Waals surface area contributed by atoms with Gasteiger partial charge < -0.3 is 9.84 Å². The maximum absolute atomic E-state index is 12.6. The van der Waals surface area contributed by atoms with Crippen LogP contribution in [0.3, 0.4) is 0 Å². The monoisotopic (exact) mass is 409 g/mol. The van der Waals surface area contributed by atoms with Crippen LogP contribution in [0.1, 0.15) is 70.9 Å². The molecule has 0 saturated heterocycles. The number of aryl methyl sites for hydroxylation is 1. The molecule has 1 N–H and O–H groups in total. The van der Waals surface area contributed by atoms with E-state index in [1.54, 1.807) is 0 Å². The summed E-state index contributed by atoms with van der Waals surface area (Å²) in [4.78, 5) is 17.0. The molecule has 3 aromatic rings. The van der Waals surface area contributed by atoms with Crippen molar-refractivity contribution in [3.63, 3.8) is 0 Å². The van der Waals surface area contributed by atoms with E-state index in [-0.39, 0.29) is 23.2 Å². The predicted octanol–water partition coefficient (Wildman–Crippen LogP) is 4.48. The Morgan fingerprint density at radius 1 is 1.07 bits per heavy atom. The van der Waals surface area contributed by atoms with E-state index in [2.05, 4.69) is 36.2 Å². The van der Waals surface area contributed by atoms with Crippen LogP contribution < -0.4 is 5.32 Å². The molecule has 0 bridgehead atoms. The zero-order valence-electron chi connectivity index (χ0n) is 18.7. The van der Waals surface area contributed by atoms with Crippen molar-refractivity contribution >= 4 is 11.7 Å². The molecule has 160 valence electrons. The summed E-state index contributed by atoms with van der Waals surface area (Å²) in [5, 5.41) is 11.8. The first kappa shape index (κ1) is 21.7. The molecule has 30 heavy (non-hydrogen) atoms. The van der Waals surface area contributed by atoms with E-state index in [1.165, 1.54) is 0 Å². The molecule has 0 fully saturated rings. The molecule has 0 aliphatic carbocycles. The average Bonchev–Trinajstić information content (AvgIpc) is 3.28. The summed E-state index contributed by atoms with van der Waals surface area (Å²) in [5.41, 5.74) is 1.75. The fourth-order valence-corrected chi connectivity index (χ4v) is 2.85.